The van der Waals surface area contributed by atoms with Crippen LogP contribution in [-0.4, -0.2) is 43.0 Å². The second-order valence-electron chi connectivity index (χ2n) is 5.84. The van der Waals surface area contributed by atoms with Crippen molar-refractivity contribution in [3.63, 3.8) is 0 Å². The molecule has 1 aliphatic heterocycles. The molecule has 0 unspecified atom stereocenters. The standard InChI is InChI=1S/C17H21N3O4/c1-23-13-4-2-12(3-5-13)15-14(17(21)22)16(20-24-15)19-10-11-6-8-18-9-7-11/h2-5,11,18H,6-10H2,1H3,(H,19,20)(H,21,22). The van der Waals surface area contributed by atoms with Gasteiger partial charge in [-0.3, -0.25) is 0 Å². The van der Waals surface area contributed by atoms with Crippen LogP contribution >= 0.6 is 0 Å². The monoisotopic (exact) mass is 331 g/mol. The zero-order chi connectivity index (χ0) is 16.9. The first kappa shape index (κ1) is 16.3. The maximum absolute atomic E-state index is 11.7. The molecule has 3 rings (SSSR count). The molecule has 0 spiro atoms. The number of hydrogen-bond acceptors (Lipinski definition) is 6. The summed E-state index contributed by atoms with van der Waals surface area (Å²) in [6, 6.07) is 7.02. The maximum Gasteiger partial charge on any atom is 0.343 e. The number of anilines is 1. The molecule has 3 N–H and O–H groups in total. The minimum Gasteiger partial charge on any atom is -0.497 e. The second-order valence-corrected chi connectivity index (χ2v) is 5.84. The van der Waals surface area contributed by atoms with E-state index in [2.05, 4.69) is 15.8 Å². The van der Waals surface area contributed by atoms with E-state index in [4.69, 9.17) is 9.26 Å². The van der Waals surface area contributed by atoms with Gasteiger partial charge in [0.05, 0.1) is 7.11 Å². The van der Waals surface area contributed by atoms with Gasteiger partial charge < -0.3 is 25.0 Å². The van der Waals surface area contributed by atoms with Crippen LogP contribution < -0.4 is 15.4 Å². The van der Waals surface area contributed by atoms with E-state index in [1.54, 1.807) is 31.4 Å². The van der Waals surface area contributed by atoms with Gasteiger partial charge in [-0.1, -0.05) is 5.16 Å². The Morgan fingerprint density at radius 2 is 2.08 bits per heavy atom. The number of hydrogen-bond donors (Lipinski definition) is 3. The van der Waals surface area contributed by atoms with Crippen LogP contribution in [0.1, 0.15) is 23.2 Å². The van der Waals surface area contributed by atoms with Gasteiger partial charge >= 0.3 is 5.97 Å². The van der Waals surface area contributed by atoms with E-state index in [1.807, 2.05) is 0 Å². The third-order valence-corrected chi connectivity index (χ3v) is 4.28. The Balaban J connectivity index is 1.80. The van der Waals surface area contributed by atoms with Crippen molar-refractivity contribution >= 4 is 11.8 Å². The Morgan fingerprint density at radius 3 is 2.71 bits per heavy atom. The third-order valence-electron chi connectivity index (χ3n) is 4.28. The smallest absolute Gasteiger partial charge is 0.343 e. The average Bonchev–Trinajstić information content (AvgIpc) is 3.05. The topological polar surface area (TPSA) is 96.6 Å². The molecule has 0 aliphatic carbocycles. The molecular weight excluding hydrogens is 310 g/mol. The lowest BCUT2D eigenvalue weighted by Gasteiger charge is -2.22. The molecule has 0 atom stereocenters. The Bertz CT molecular complexity index is 690. The third kappa shape index (κ3) is 3.51. The van der Waals surface area contributed by atoms with Crippen LogP contribution in [0.25, 0.3) is 11.3 Å². The van der Waals surface area contributed by atoms with Crippen molar-refractivity contribution in [2.75, 3.05) is 32.1 Å². The maximum atomic E-state index is 11.7. The van der Waals surface area contributed by atoms with Crippen LogP contribution in [0, 0.1) is 5.92 Å². The Kier molecular flexibility index (Phi) is 5.00. The molecule has 1 fully saturated rings. The van der Waals surface area contributed by atoms with E-state index >= 15 is 0 Å². The van der Waals surface area contributed by atoms with Gasteiger partial charge in [0, 0.05) is 12.1 Å². The van der Waals surface area contributed by atoms with Gasteiger partial charge in [-0.25, -0.2) is 4.79 Å². The number of nitrogens with zero attached hydrogens (tertiary/aromatic N) is 1. The quantitative estimate of drug-likeness (QED) is 0.748. The normalized spacial score (nSPS) is 15.2. The lowest BCUT2D eigenvalue weighted by atomic mass is 9.98. The van der Waals surface area contributed by atoms with Crippen molar-refractivity contribution in [1.82, 2.24) is 10.5 Å². The summed E-state index contributed by atoms with van der Waals surface area (Å²) < 4.78 is 10.4. The summed E-state index contributed by atoms with van der Waals surface area (Å²) in [6.07, 6.45) is 2.14. The first-order chi connectivity index (χ1) is 11.7. The second kappa shape index (κ2) is 7.35. The van der Waals surface area contributed by atoms with Crippen LogP contribution in [0.15, 0.2) is 28.8 Å². The SMILES string of the molecule is COc1ccc(-c2onc(NCC3CCNCC3)c2C(=O)O)cc1. The number of piperidine rings is 1. The van der Waals surface area contributed by atoms with Crippen LogP contribution in [0.2, 0.25) is 0 Å². The molecule has 2 aromatic rings. The number of ether oxygens (including phenoxy) is 1. The van der Waals surface area contributed by atoms with Crippen LogP contribution in [-0.2, 0) is 0 Å². The van der Waals surface area contributed by atoms with Crippen molar-refractivity contribution in [2.45, 2.75) is 12.8 Å². The summed E-state index contributed by atoms with van der Waals surface area (Å²) in [7, 11) is 1.58. The minimum atomic E-state index is -1.06. The summed E-state index contributed by atoms with van der Waals surface area (Å²) in [5.41, 5.74) is 0.713. The molecule has 7 heteroatoms. The van der Waals surface area contributed by atoms with Crippen molar-refractivity contribution in [2.24, 2.45) is 5.92 Å². The van der Waals surface area contributed by atoms with E-state index in [-0.39, 0.29) is 17.1 Å². The largest absolute Gasteiger partial charge is 0.497 e. The van der Waals surface area contributed by atoms with Crippen molar-refractivity contribution in [3.8, 4) is 17.1 Å². The van der Waals surface area contributed by atoms with E-state index < -0.39 is 5.97 Å². The Labute approximate surface area is 140 Å². The summed E-state index contributed by atoms with van der Waals surface area (Å²) >= 11 is 0. The molecule has 128 valence electrons. The molecule has 24 heavy (non-hydrogen) atoms. The van der Waals surface area contributed by atoms with E-state index in [0.29, 0.717) is 23.8 Å². The van der Waals surface area contributed by atoms with E-state index in [1.165, 1.54) is 0 Å². The zero-order valence-electron chi connectivity index (χ0n) is 13.5. The number of rotatable bonds is 6. The minimum absolute atomic E-state index is 0.0640. The van der Waals surface area contributed by atoms with Gasteiger partial charge in [0.1, 0.15) is 5.75 Å². The fraction of sp³-hybridized carbons (Fsp3) is 0.412. The van der Waals surface area contributed by atoms with Crippen molar-refractivity contribution in [1.29, 1.82) is 0 Å². The van der Waals surface area contributed by atoms with Gasteiger partial charge in [0.15, 0.2) is 17.1 Å². The first-order valence-electron chi connectivity index (χ1n) is 8.01. The Hall–Kier alpha value is -2.54. The number of methoxy groups -OCH3 is 1. The van der Waals surface area contributed by atoms with Crippen molar-refractivity contribution < 1.29 is 19.2 Å². The lowest BCUT2D eigenvalue weighted by molar-refractivity contribution is 0.0698. The molecule has 7 nitrogen and oxygen atoms in total. The van der Waals surface area contributed by atoms with Gasteiger partial charge in [0.2, 0.25) is 0 Å². The summed E-state index contributed by atoms with van der Waals surface area (Å²) in [5, 5.41) is 19.9. The highest BCUT2D eigenvalue weighted by molar-refractivity contribution is 5.99. The highest BCUT2D eigenvalue weighted by Gasteiger charge is 2.24. The molecule has 1 saturated heterocycles. The molecule has 1 aromatic carbocycles. The molecule has 1 aliphatic rings. The highest BCUT2D eigenvalue weighted by Crippen LogP contribution is 2.30. The summed E-state index contributed by atoms with van der Waals surface area (Å²) in [6.45, 7) is 2.68. The predicted octanol–water partition coefficient (Wildman–Crippen LogP) is 2.46. The van der Waals surface area contributed by atoms with Crippen molar-refractivity contribution in [3.05, 3.63) is 29.8 Å². The molecule has 0 radical (unpaired) electrons. The number of benzene rings is 1. The van der Waals surface area contributed by atoms with Crippen LogP contribution in [0.5, 0.6) is 5.75 Å². The average molecular weight is 331 g/mol. The van der Waals surface area contributed by atoms with E-state index in [0.717, 1.165) is 25.9 Å². The number of carboxylic acid groups (broad SMARTS) is 1. The number of aromatic carboxylic acids is 1. The zero-order valence-corrected chi connectivity index (χ0v) is 13.5. The number of aromatic nitrogens is 1. The molecule has 0 bridgehead atoms. The lowest BCUT2D eigenvalue weighted by Crippen LogP contribution is -2.31. The number of carboxylic acids is 1. The highest BCUT2D eigenvalue weighted by atomic mass is 16.5. The summed E-state index contributed by atoms with van der Waals surface area (Å²) in [4.78, 5) is 11.7. The van der Waals surface area contributed by atoms with Gasteiger partial charge in [-0.2, -0.15) is 0 Å². The predicted molar refractivity (Wildman–Crippen MR) is 89.5 cm³/mol. The fourth-order valence-corrected chi connectivity index (χ4v) is 2.88. The van der Waals surface area contributed by atoms with Gasteiger partial charge in [0.25, 0.3) is 0 Å². The Morgan fingerprint density at radius 1 is 1.38 bits per heavy atom. The fourth-order valence-electron chi connectivity index (χ4n) is 2.88. The molecular formula is C17H21N3O4. The molecule has 2 heterocycles. The first-order valence-corrected chi connectivity index (χ1v) is 8.01. The van der Waals surface area contributed by atoms with Crippen LogP contribution in [0.3, 0.4) is 0 Å². The number of nitrogens with one attached hydrogen (secondary N) is 2. The summed E-state index contributed by atoms with van der Waals surface area (Å²) in [5.74, 6) is 0.674. The van der Waals surface area contributed by atoms with Gasteiger partial charge in [-0.05, 0) is 56.1 Å². The van der Waals surface area contributed by atoms with Gasteiger partial charge in [-0.15, -0.1) is 0 Å². The molecule has 1 aromatic heterocycles. The van der Waals surface area contributed by atoms with E-state index in [9.17, 15) is 9.90 Å². The molecule has 0 saturated carbocycles. The number of carbonyl (C=O) groups is 1. The molecule has 0 amide bonds. The van der Waals surface area contributed by atoms with Crippen LogP contribution in [0.4, 0.5) is 5.82 Å².